The third-order valence-corrected chi connectivity index (χ3v) is 7.92. The summed E-state index contributed by atoms with van der Waals surface area (Å²) in [5.41, 5.74) is 0.115. The number of benzene rings is 1. The lowest BCUT2D eigenvalue weighted by atomic mass is 9.89. The maximum Gasteiger partial charge on any atom is 0.416 e. The molecule has 1 aliphatic carbocycles. The SMILES string of the molecule is CCC(Sc1nc2sc3c(c2c(=O)[nH]1)CCC(C)C3)C(=O)Nc1cccc(C(F)(F)F)c1. The molecule has 2 heterocycles. The first-order chi connectivity index (χ1) is 15.2. The molecule has 0 saturated carbocycles. The van der Waals surface area contributed by atoms with Crippen molar-refractivity contribution in [3.63, 3.8) is 0 Å². The zero-order valence-electron chi connectivity index (χ0n) is 17.5. The van der Waals surface area contributed by atoms with Crippen molar-refractivity contribution in [1.29, 1.82) is 0 Å². The molecule has 0 bridgehead atoms. The lowest BCUT2D eigenvalue weighted by molar-refractivity contribution is -0.137. The summed E-state index contributed by atoms with van der Waals surface area (Å²) in [7, 11) is 0. The normalized spacial score (nSPS) is 17.2. The average molecular weight is 482 g/mol. The Balaban J connectivity index is 1.54. The van der Waals surface area contributed by atoms with Crippen molar-refractivity contribution in [3.8, 4) is 0 Å². The van der Waals surface area contributed by atoms with Gasteiger partial charge in [0.05, 0.1) is 16.2 Å². The number of carbonyl (C=O) groups excluding carboxylic acids is 1. The Morgan fingerprint density at radius 1 is 1.41 bits per heavy atom. The predicted molar refractivity (Wildman–Crippen MR) is 121 cm³/mol. The Labute approximate surface area is 190 Å². The summed E-state index contributed by atoms with van der Waals surface area (Å²) < 4.78 is 38.8. The summed E-state index contributed by atoms with van der Waals surface area (Å²) >= 11 is 2.64. The summed E-state index contributed by atoms with van der Waals surface area (Å²) in [6, 6.07) is 4.51. The quantitative estimate of drug-likeness (QED) is 0.365. The number of amides is 1. The summed E-state index contributed by atoms with van der Waals surface area (Å²) in [5, 5.41) is 2.89. The van der Waals surface area contributed by atoms with Crippen LogP contribution < -0.4 is 10.9 Å². The van der Waals surface area contributed by atoms with E-state index < -0.39 is 22.9 Å². The molecule has 3 aromatic rings. The molecule has 0 spiro atoms. The number of nitrogens with zero attached hydrogens (tertiary/aromatic N) is 1. The number of fused-ring (bicyclic) bond motifs is 3. The van der Waals surface area contributed by atoms with Crippen LogP contribution in [-0.4, -0.2) is 21.1 Å². The Hall–Kier alpha value is -2.33. The first-order valence-corrected chi connectivity index (χ1v) is 12.0. The molecule has 0 aliphatic heterocycles. The number of carbonyl (C=O) groups is 1. The number of aromatic amines is 1. The van der Waals surface area contributed by atoms with Gasteiger partial charge in [-0.25, -0.2) is 4.98 Å². The number of halogens is 3. The summed E-state index contributed by atoms with van der Waals surface area (Å²) in [6.45, 7) is 3.99. The van der Waals surface area contributed by atoms with Gasteiger partial charge in [0.15, 0.2) is 5.16 Å². The molecule has 170 valence electrons. The number of nitrogens with one attached hydrogen (secondary N) is 2. The third kappa shape index (κ3) is 4.71. The molecule has 2 atom stereocenters. The lowest BCUT2D eigenvalue weighted by Gasteiger charge is -2.17. The minimum absolute atomic E-state index is 0.0702. The van der Waals surface area contributed by atoms with E-state index in [2.05, 4.69) is 22.2 Å². The molecule has 2 aromatic heterocycles. The molecule has 4 rings (SSSR count). The molecular formula is C22H22F3N3O2S2. The highest BCUT2D eigenvalue weighted by Crippen LogP contribution is 2.36. The fourth-order valence-corrected chi connectivity index (χ4v) is 6.18. The number of hydrogen-bond donors (Lipinski definition) is 2. The second-order valence-electron chi connectivity index (χ2n) is 7.99. The summed E-state index contributed by atoms with van der Waals surface area (Å²) in [4.78, 5) is 34.7. The van der Waals surface area contributed by atoms with Crippen LogP contribution in [0.4, 0.5) is 18.9 Å². The van der Waals surface area contributed by atoms with Gasteiger partial charge in [-0.1, -0.05) is 31.7 Å². The van der Waals surface area contributed by atoms with E-state index in [-0.39, 0.29) is 11.2 Å². The smallest absolute Gasteiger partial charge is 0.325 e. The maximum atomic E-state index is 12.9. The highest BCUT2D eigenvalue weighted by molar-refractivity contribution is 8.00. The molecule has 0 fully saturated rings. The van der Waals surface area contributed by atoms with Crippen LogP contribution in [-0.2, 0) is 23.8 Å². The second-order valence-corrected chi connectivity index (χ2v) is 10.3. The van der Waals surface area contributed by atoms with Crippen molar-refractivity contribution >= 4 is 44.9 Å². The third-order valence-electron chi connectivity index (χ3n) is 5.52. The van der Waals surface area contributed by atoms with Crippen LogP contribution in [0.15, 0.2) is 34.2 Å². The summed E-state index contributed by atoms with van der Waals surface area (Å²) in [5.74, 6) is 0.131. The van der Waals surface area contributed by atoms with Crippen LogP contribution in [0.5, 0.6) is 0 Å². The van der Waals surface area contributed by atoms with Gasteiger partial charge < -0.3 is 10.3 Å². The summed E-state index contributed by atoms with van der Waals surface area (Å²) in [6.07, 6.45) is -1.23. The van der Waals surface area contributed by atoms with E-state index in [0.717, 1.165) is 48.7 Å². The number of rotatable bonds is 5. The average Bonchev–Trinajstić information content (AvgIpc) is 3.09. The number of H-pyrrole nitrogens is 1. The highest BCUT2D eigenvalue weighted by Gasteiger charge is 2.31. The molecule has 1 aromatic carbocycles. The van der Waals surface area contributed by atoms with E-state index in [1.54, 1.807) is 6.92 Å². The van der Waals surface area contributed by atoms with E-state index in [1.807, 2.05) is 0 Å². The van der Waals surface area contributed by atoms with Crippen LogP contribution in [0.1, 0.15) is 42.7 Å². The molecular weight excluding hydrogens is 459 g/mol. The number of thiophene rings is 1. The molecule has 0 radical (unpaired) electrons. The van der Waals surface area contributed by atoms with Crippen LogP contribution in [0.25, 0.3) is 10.2 Å². The number of alkyl halides is 3. The van der Waals surface area contributed by atoms with Crippen LogP contribution in [0, 0.1) is 5.92 Å². The molecule has 32 heavy (non-hydrogen) atoms. The van der Waals surface area contributed by atoms with E-state index >= 15 is 0 Å². The van der Waals surface area contributed by atoms with Crippen molar-refractivity contribution in [2.24, 2.45) is 5.92 Å². The van der Waals surface area contributed by atoms with Crippen molar-refractivity contribution in [3.05, 3.63) is 50.6 Å². The van der Waals surface area contributed by atoms with Crippen molar-refractivity contribution in [2.75, 3.05) is 5.32 Å². The zero-order valence-corrected chi connectivity index (χ0v) is 19.1. The van der Waals surface area contributed by atoms with Gasteiger partial charge in [-0.05, 0) is 55.4 Å². The van der Waals surface area contributed by atoms with Gasteiger partial charge in [0.25, 0.3) is 5.56 Å². The zero-order chi connectivity index (χ0) is 23.0. The van der Waals surface area contributed by atoms with Gasteiger partial charge in [0.2, 0.25) is 5.91 Å². The van der Waals surface area contributed by atoms with E-state index in [4.69, 9.17) is 0 Å². The minimum Gasteiger partial charge on any atom is -0.325 e. The molecule has 0 saturated heterocycles. The fourth-order valence-electron chi connectivity index (χ4n) is 3.84. The highest BCUT2D eigenvalue weighted by atomic mass is 32.2. The Morgan fingerprint density at radius 3 is 2.91 bits per heavy atom. The molecule has 1 aliphatic rings. The molecule has 2 unspecified atom stereocenters. The Morgan fingerprint density at radius 2 is 2.19 bits per heavy atom. The van der Waals surface area contributed by atoms with Crippen molar-refractivity contribution < 1.29 is 18.0 Å². The van der Waals surface area contributed by atoms with Crippen LogP contribution in [0.2, 0.25) is 0 Å². The molecule has 1 amide bonds. The van der Waals surface area contributed by atoms with Gasteiger partial charge in [-0.2, -0.15) is 13.2 Å². The van der Waals surface area contributed by atoms with Crippen molar-refractivity contribution in [2.45, 2.75) is 56.1 Å². The van der Waals surface area contributed by atoms with E-state index in [0.29, 0.717) is 27.7 Å². The number of aryl methyl sites for hydroxylation is 1. The van der Waals surface area contributed by atoms with Crippen LogP contribution in [0.3, 0.4) is 0 Å². The number of hydrogen-bond acceptors (Lipinski definition) is 5. The van der Waals surface area contributed by atoms with Gasteiger partial charge in [0.1, 0.15) is 4.83 Å². The van der Waals surface area contributed by atoms with E-state index in [1.165, 1.54) is 28.3 Å². The van der Waals surface area contributed by atoms with Gasteiger partial charge in [-0.15, -0.1) is 11.3 Å². The van der Waals surface area contributed by atoms with Crippen molar-refractivity contribution in [1.82, 2.24) is 9.97 Å². The molecule has 2 N–H and O–H groups in total. The largest absolute Gasteiger partial charge is 0.416 e. The number of thioether (sulfide) groups is 1. The van der Waals surface area contributed by atoms with Crippen LogP contribution >= 0.6 is 23.1 Å². The van der Waals surface area contributed by atoms with E-state index in [9.17, 15) is 22.8 Å². The lowest BCUT2D eigenvalue weighted by Crippen LogP contribution is -2.25. The molecule has 10 heteroatoms. The fraction of sp³-hybridized carbons (Fsp3) is 0.409. The minimum atomic E-state index is -4.49. The molecule has 5 nitrogen and oxygen atoms in total. The Kier molecular flexibility index (Phi) is 6.35. The maximum absolute atomic E-state index is 12.9. The monoisotopic (exact) mass is 481 g/mol. The van der Waals surface area contributed by atoms with Gasteiger partial charge in [0, 0.05) is 10.6 Å². The van der Waals surface area contributed by atoms with Gasteiger partial charge >= 0.3 is 6.18 Å². The standard InChI is InChI=1S/C22H22F3N3O2S2/c1-3-15(18(29)26-13-6-4-5-12(10-13)22(23,24)25)32-21-27-19(30)17-14-8-7-11(2)9-16(14)31-20(17)28-21/h4-6,10-11,15H,3,7-9H2,1-2H3,(H,26,29)(H,27,28,30). The number of aromatic nitrogens is 2. The topological polar surface area (TPSA) is 74.8 Å². The Bertz CT molecular complexity index is 1220. The number of anilines is 1. The van der Waals surface area contributed by atoms with Gasteiger partial charge in [-0.3, -0.25) is 9.59 Å². The second kappa shape index (κ2) is 8.90. The first-order valence-electron chi connectivity index (χ1n) is 10.3. The predicted octanol–water partition coefficient (Wildman–Crippen LogP) is 5.64. The first kappa shape index (κ1) is 22.8.